The van der Waals surface area contributed by atoms with Gasteiger partial charge in [-0.25, -0.2) is 0 Å². The van der Waals surface area contributed by atoms with Crippen LogP contribution in [0, 0.1) is 5.92 Å². The van der Waals surface area contributed by atoms with Crippen molar-refractivity contribution in [2.45, 2.75) is 55.1 Å². The third kappa shape index (κ3) is 3.56. The SMILES string of the molecule is c1ccc(NC23CC4CC(Nc5ccccc5)(C2)CC(Nc2ccccc2)(C4)C3)cc1. The number of hydrogen-bond donors (Lipinski definition) is 3. The van der Waals surface area contributed by atoms with Crippen molar-refractivity contribution in [1.29, 1.82) is 0 Å². The Morgan fingerprint density at radius 3 is 1.03 bits per heavy atom. The highest BCUT2D eigenvalue weighted by atomic mass is 15.1. The topological polar surface area (TPSA) is 36.1 Å². The monoisotopic (exact) mass is 409 g/mol. The van der Waals surface area contributed by atoms with Gasteiger partial charge < -0.3 is 16.0 Å². The molecule has 158 valence electrons. The van der Waals surface area contributed by atoms with Gasteiger partial charge in [0.15, 0.2) is 0 Å². The normalized spacial score (nSPS) is 33.1. The number of rotatable bonds is 6. The van der Waals surface area contributed by atoms with Gasteiger partial charge in [-0.1, -0.05) is 54.6 Å². The van der Waals surface area contributed by atoms with E-state index in [1.54, 1.807) is 0 Å². The Hall–Kier alpha value is -2.94. The van der Waals surface area contributed by atoms with E-state index in [1.165, 1.54) is 55.6 Å². The van der Waals surface area contributed by atoms with Gasteiger partial charge in [0.25, 0.3) is 0 Å². The van der Waals surface area contributed by atoms with E-state index in [0.717, 1.165) is 5.92 Å². The van der Waals surface area contributed by atoms with Gasteiger partial charge >= 0.3 is 0 Å². The second-order valence-electron chi connectivity index (χ2n) is 10.3. The highest BCUT2D eigenvalue weighted by molar-refractivity contribution is 5.54. The van der Waals surface area contributed by atoms with E-state index in [0.29, 0.717) is 0 Å². The number of hydrogen-bond acceptors (Lipinski definition) is 3. The maximum Gasteiger partial charge on any atom is 0.0421 e. The first-order valence-electron chi connectivity index (χ1n) is 11.6. The Kier molecular flexibility index (Phi) is 4.27. The van der Waals surface area contributed by atoms with Crippen LogP contribution in [0.3, 0.4) is 0 Å². The van der Waals surface area contributed by atoms with Gasteiger partial charge in [-0.3, -0.25) is 0 Å². The molecule has 3 heteroatoms. The summed E-state index contributed by atoms with van der Waals surface area (Å²) in [5.74, 6) is 0.722. The van der Waals surface area contributed by atoms with Gasteiger partial charge in [-0.05, 0) is 80.8 Å². The first-order chi connectivity index (χ1) is 15.1. The molecule has 0 radical (unpaired) electrons. The summed E-state index contributed by atoms with van der Waals surface area (Å²) in [5, 5.41) is 12.1. The minimum atomic E-state index is 0.115. The fourth-order valence-corrected chi connectivity index (χ4v) is 7.34. The van der Waals surface area contributed by atoms with Crippen LogP contribution < -0.4 is 16.0 Å². The predicted molar refractivity (Wildman–Crippen MR) is 130 cm³/mol. The molecule has 0 aromatic heterocycles. The maximum absolute atomic E-state index is 4.03. The van der Waals surface area contributed by atoms with Crippen molar-refractivity contribution in [1.82, 2.24) is 0 Å². The van der Waals surface area contributed by atoms with Gasteiger partial charge in [0.1, 0.15) is 0 Å². The maximum atomic E-state index is 4.03. The number of benzene rings is 3. The molecule has 0 spiro atoms. The van der Waals surface area contributed by atoms with Crippen LogP contribution in [0.2, 0.25) is 0 Å². The number of para-hydroxylation sites is 3. The van der Waals surface area contributed by atoms with Crippen LogP contribution in [0.25, 0.3) is 0 Å². The van der Waals surface area contributed by atoms with Gasteiger partial charge in [-0.2, -0.15) is 0 Å². The van der Waals surface area contributed by atoms with E-state index in [1.807, 2.05) is 0 Å². The summed E-state index contributed by atoms with van der Waals surface area (Å²) in [6, 6.07) is 32.4. The van der Waals surface area contributed by atoms with Crippen molar-refractivity contribution in [3.05, 3.63) is 91.0 Å². The first-order valence-corrected chi connectivity index (χ1v) is 11.6. The molecule has 3 aromatic carbocycles. The number of anilines is 3. The lowest BCUT2D eigenvalue weighted by Crippen LogP contribution is -2.72. The molecule has 4 bridgehead atoms. The molecule has 3 aromatic rings. The Labute approximate surface area is 185 Å². The Balaban J connectivity index is 1.38. The van der Waals surface area contributed by atoms with E-state index in [-0.39, 0.29) is 16.6 Å². The fourth-order valence-electron chi connectivity index (χ4n) is 7.34. The molecule has 3 nitrogen and oxygen atoms in total. The van der Waals surface area contributed by atoms with Crippen LogP contribution in [0.1, 0.15) is 38.5 Å². The smallest absolute Gasteiger partial charge is 0.0421 e. The molecule has 0 saturated heterocycles. The van der Waals surface area contributed by atoms with Gasteiger partial charge in [0.05, 0.1) is 0 Å². The summed E-state index contributed by atoms with van der Waals surface area (Å²) in [6.07, 6.45) is 7.28. The standard InChI is InChI=1S/C28H31N3/c1-4-10-23(11-5-1)29-26-16-22-17-27(19-26,30-24-12-6-2-7-13-24)21-28(18-22,20-26)31-25-14-8-3-9-15-25/h1-15,22,29-31H,16-21H2. The molecule has 4 fully saturated rings. The van der Waals surface area contributed by atoms with Crippen LogP contribution in [0.15, 0.2) is 91.0 Å². The first kappa shape index (κ1) is 18.8. The number of nitrogens with one attached hydrogen (secondary N) is 3. The molecule has 0 amide bonds. The van der Waals surface area contributed by atoms with Crippen LogP contribution in [-0.2, 0) is 0 Å². The molecule has 3 N–H and O–H groups in total. The Bertz CT molecular complexity index is 889. The third-order valence-corrected chi connectivity index (χ3v) is 7.62. The summed E-state index contributed by atoms with van der Waals surface area (Å²) in [4.78, 5) is 0. The minimum Gasteiger partial charge on any atom is -0.379 e. The van der Waals surface area contributed by atoms with Gasteiger partial charge in [-0.15, -0.1) is 0 Å². The van der Waals surface area contributed by atoms with Crippen molar-refractivity contribution in [2.24, 2.45) is 5.92 Å². The quantitative estimate of drug-likeness (QED) is 0.433. The van der Waals surface area contributed by atoms with E-state index in [4.69, 9.17) is 0 Å². The largest absolute Gasteiger partial charge is 0.379 e. The molecular formula is C28H31N3. The van der Waals surface area contributed by atoms with E-state index in [9.17, 15) is 0 Å². The van der Waals surface area contributed by atoms with E-state index < -0.39 is 0 Å². The molecule has 4 saturated carbocycles. The van der Waals surface area contributed by atoms with Crippen LogP contribution >= 0.6 is 0 Å². The molecule has 4 aliphatic rings. The molecular weight excluding hydrogens is 378 g/mol. The zero-order chi connectivity index (χ0) is 20.8. The molecule has 31 heavy (non-hydrogen) atoms. The average molecular weight is 410 g/mol. The lowest BCUT2D eigenvalue weighted by atomic mass is 9.46. The Morgan fingerprint density at radius 1 is 0.452 bits per heavy atom. The van der Waals surface area contributed by atoms with Crippen molar-refractivity contribution in [3.8, 4) is 0 Å². The van der Waals surface area contributed by atoms with Crippen LogP contribution in [0.4, 0.5) is 17.1 Å². The average Bonchev–Trinajstić information content (AvgIpc) is 2.74. The van der Waals surface area contributed by atoms with Crippen molar-refractivity contribution >= 4 is 17.1 Å². The molecule has 7 rings (SSSR count). The summed E-state index contributed by atoms with van der Waals surface area (Å²) < 4.78 is 0. The molecule has 0 heterocycles. The molecule has 0 aliphatic heterocycles. The third-order valence-electron chi connectivity index (χ3n) is 7.62. The highest BCUT2D eigenvalue weighted by Crippen LogP contribution is 2.61. The molecule has 0 unspecified atom stereocenters. The van der Waals surface area contributed by atoms with Crippen molar-refractivity contribution in [3.63, 3.8) is 0 Å². The van der Waals surface area contributed by atoms with E-state index in [2.05, 4.69) is 107 Å². The molecule has 0 atom stereocenters. The zero-order valence-electron chi connectivity index (χ0n) is 18.0. The minimum absolute atomic E-state index is 0.115. The fraction of sp³-hybridized carbons (Fsp3) is 0.357. The highest BCUT2D eigenvalue weighted by Gasteiger charge is 2.63. The van der Waals surface area contributed by atoms with Gasteiger partial charge in [0.2, 0.25) is 0 Å². The predicted octanol–water partition coefficient (Wildman–Crippen LogP) is 6.54. The zero-order valence-corrected chi connectivity index (χ0v) is 18.0. The molecule has 4 aliphatic carbocycles. The second-order valence-corrected chi connectivity index (χ2v) is 10.3. The lowest BCUT2D eigenvalue weighted by Gasteiger charge is -2.67. The van der Waals surface area contributed by atoms with Crippen LogP contribution in [0.5, 0.6) is 0 Å². The lowest BCUT2D eigenvalue weighted by molar-refractivity contribution is -0.00595. The summed E-state index contributed by atoms with van der Waals surface area (Å²) in [6.45, 7) is 0. The van der Waals surface area contributed by atoms with Crippen molar-refractivity contribution < 1.29 is 0 Å². The van der Waals surface area contributed by atoms with E-state index >= 15 is 0 Å². The summed E-state index contributed by atoms with van der Waals surface area (Å²) in [5.41, 5.74) is 4.08. The summed E-state index contributed by atoms with van der Waals surface area (Å²) >= 11 is 0. The Morgan fingerprint density at radius 2 is 0.742 bits per heavy atom. The van der Waals surface area contributed by atoms with Gasteiger partial charge in [0, 0.05) is 33.7 Å². The second kappa shape index (κ2) is 7.05. The van der Waals surface area contributed by atoms with Crippen LogP contribution in [-0.4, -0.2) is 16.6 Å². The summed E-state index contributed by atoms with van der Waals surface area (Å²) in [7, 11) is 0. The van der Waals surface area contributed by atoms with Crippen molar-refractivity contribution in [2.75, 3.05) is 16.0 Å².